The van der Waals surface area contributed by atoms with Gasteiger partial charge in [0.15, 0.2) is 0 Å². The molecular formula is C20H20N4O2. The number of benzene rings is 1. The second kappa shape index (κ2) is 7.93. The maximum atomic E-state index is 6.01. The first-order valence-corrected chi connectivity index (χ1v) is 8.67. The van der Waals surface area contributed by atoms with Crippen LogP contribution in [0.4, 0.5) is 0 Å². The molecule has 0 bridgehead atoms. The zero-order valence-electron chi connectivity index (χ0n) is 14.4. The predicted octanol–water partition coefficient (Wildman–Crippen LogP) is 3.32. The van der Waals surface area contributed by atoms with Gasteiger partial charge in [-0.15, -0.1) is 0 Å². The Hall–Kier alpha value is -2.99. The lowest BCUT2D eigenvalue weighted by Gasteiger charge is -2.17. The van der Waals surface area contributed by atoms with Crippen molar-refractivity contribution in [3.63, 3.8) is 0 Å². The second-order valence-electron chi connectivity index (χ2n) is 6.24. The van der Waals surface area contributed by atoms with Crippen molar-refractivity contribution >= 4 is 0 Å². The highest BCUT2D eigenvalue weighted by atomic mass is 16.5. The van der Waals surface area contributed by atoms with Gasteiger partial charge in [-0.2, -0.15) is 0 Å². The van der Waals surface area contributed by atoms with Crippen molar-refractivity contribution in [3.8, 4) is 17.4 Å². The van der Waals surface area contributed by atoms with Crippen LogP contribution in [-0.2, 0) is 6.54 Å². The van der Waals surface area contributed by atoms with Crippen molar-refractivity contribution in [1.82, 2.24) is 19.9 Å². The Balaban J connectivity index is 1.29. The molecule has 1 fully saturated rings. The minimum Gasteiger partial charge on any atom is -0.489 e. The maximum absolute atomic E-state index is 6.01. The summed E-state index contributed by atoms with van der Waals surface area (Å²) in [5, 5.41) is 0. The summed E-state index contributed by atoms with van der Waals surface area (Å²) in [5.74, 6) is 2.14. The molecule has 0 unspecified atom stereocenters. The molecule has 1 atom stereocenters. The molecule has 0 saturated carbocycles. The van der Waals surface area contributed by atoms with Crippen LogP contribution in [-0.4, -0.2) is 39.0 Å². The van der Waals surface area contributed by atoms with Gasteiger partial charge in [0.25, 0.3) is 0 Å². The summed E-state index contributed by atoms with van der Waals surface area (Å²) in [4.78, 5) is 14.5. The molecule has 0 N–H and O–H groups in total. The van der Waals surface area contributed by atoms with Crippen LogP contribution in [0.3, 0.4) is 0 Å². The first kappa shape index (κ1) is 16.5. The van der Waals surface area contributed by atoms with E-state index in [1.807, 2.05) is 24.3 Å². The first-order valence-electron chi connectivity index (χ1n) is 8.67. The summed E-state index contributed by atoms with van der Waals surface area (Å²) < 4.78 is 11.7. The molecule has 0 spiro atoms. The highest BCUT2D eigenvalue weighted by Gasteiger charge is 2.23. The number of hydrogen-bond acceptors (Lipinski definition) is 6. The average Bonchev–Trinajstić information content (AvgIpc) is 3.12. The van der Waals surface area contributed by atoms with Gasteiger partial charge in [-0.3, -0.25) is 14.9 Å². The molecule has 0 aliphatic carbocycles. The van der Waals surface area contributed by atoms with Crippen LogP contribution in [0, 0.1) is 0 Å². The normalized spacial score (nSPS) is 17.2. The molecule has 3 aromatic rings. The maximum Gasteiger partial charge on any atom is 0.237 e. The number of nitrogens with zero attached hydrogens (tertiary/aromatic N) is 4. The summed E-state index contributed by atoms with van der Waals surface area (Å²) in [7, 11) is 0. The molecule has 4 rings (SSSR count). The first-order chi connectivity index (χ1) is 12.8. The third-order valence-corrected chi connectivity index (χ3v) is 4.27. The fraction of sp³-hybridized carbons (Fsp3) is 0.250. The van der Waals surface area contributed by atoms with Crippen LogP contribution in [0.25, 0.3) is 0 Å². The third-order valence-electron chi connectivity index (χ3n) is 4.27. The Kier molecular flexibility index (Phi) is 5.02. The largest absolute Gasteiger partial charge is 0.489 e. The van der Waals surface area contributed by atoms with Crippen LogP contribution < -0.4 is 9.47 Å². The number of hydrogen-bond donors (Lipinski definition) is 0. The van der Waals surface area contributed by atoms with Crippen molar-refractivity contribution in [2.24, 2.45) is 0 Å². The van der Waals surface area contributed by atoms with Crippen LogP contribution >= 0.6 is 0 Å². The summed E-state index contributed by atoms with van der Waals surface area (Å²) in [5.41, 5.74) is 1.25. The average molecular weight is 348 g/mol. The highest BCUT2D eigenvalue weighted by molar-refractivity contribution is 5.30. The molecule has 1 aliphatic rings. The standard InChI is InChI=1S/C20H20N4O2/c1-3-17(26-20-13-22-10-11-23-20)4-2-16(1)14-24-12-7-19(15-24)25-18-5-8-21-9-6-18/h1-6,8-11,13,19H,7,12,14-15H2/t19-/m0/s1. The lowest BCUT2D eigenvalue weighted by Crippen LogP contribution is -2.24. The van der Waals surface area contributed by atoms with E-state index in [1.54, 1.807) is 31.0 Å². The Morgan fingerprint density at radius 3 is 2.54 bits per heavy atom. The number of aromatic nitrogens is 3. The van der Waals surface area contributed by atoms with Crippen molar-refractivity contribution in [1.29, 1.82) is 0 Å². The summed E-state index contributed by atoms with van der Waals surface area (Å²) in [6.45, 7) is 2.87. The van der Waals surface area contributed by atoms with E-state index in [9.17, 15) is 0 Å². The van der Waals surface area contributed by atoms with Gasteiger partial charge in [0.2, 0.25) is 5.88 Å². The Morgan fingerprint density at radius 2 is 1.77 bits per heavy atom. The SMILES string of the molecule is c1cc(O[C@H]2CCN(Cc3ccc(Oc4cnccn4)cc3)C2)ccn1. The lowest BCUT2D eigenvalue weighted by atomic mass is 10.2. The molecule has 6 heteroatoms. The summed E-state index contributed by atoms with van der Waals surface area (Å²) >= 11 is 0. The van der Waals surface area contributed by atoms with Crippen LogP contribution in [0.1, 0.15) is 12.0 Å². The van der Waals surface area contributed by atoms with Crippen molar-refractivity contribution in [2.75, 3.05) is 13.1 Å². The second-order valence-corrected chi connectivity index (χ2v) is 6.24. The van der Waals surface area contributed by atoms with Crippen LogP contribution in [0.2, 0.25) is 0 Å². The molecule has 1 aliphatic heterocycles. The molecule has 6 nitrogen and oxygen atoms in total. The van der Waals surface area contributed by atoms with Gasteiger partial charge >= 0.3 is 0 Å². The molecule has 1 saturated heterocycles. The van der Waals surface area contributed by atoms with Crippen molar-refractivity contribution in [2.45, 2.75) is 19.1 Å². The molecule has 1 aromatic carbocycles. The van der Waals surface area contributed by atoms with Crippen LogP contribution in [0.15, 0.2) is 67.4 Å². The molecule has 2 aromatic heterocycles. The molecule has 3 heterocycles. The van der Waals surface area contributed by atoms with Gasteiger partial charge in [-0.1, -0.05) is 12.1 Å². The van der Waals surface area contributed by atoms with Crippen molar-refractivity contribution < 1.29 is 9.47 Å². The van der Waals surface area contributed by atoms with E-state index in [1.165, 1.54) is 5.56 Å². The van der Waals surface area contributed by atoms with E-state index in [-0.39, 0.29) is 6.10 Å². The van der Waals surface area contributed by atoms with Gasteiger partial charge in [0.05, 0.1) is 6.20 Å². The van der Waals surface area contributed by atoms with Crippen LogP contribution in [0.5, 0.6) is 17.4 Å². The predicted molar refractivity (Wildman–Crippen MR) is 97.1 cm³/mol. The molecule has 0 amide bonds. The quantitative estimate of drug-likeness (QED) is 0.681. The third kappa shape index (κ3) is 4.34. The van der Waals surface area contributed by atoms with E-state index < -0.39 is 0 Å². The Labute approximate surface area is 152 Å². The minimum absolute atomic E-state index is 0.233. The molecule has 0 radical (unpaired) electrons. The molecule has 132 valence electrons. The summed E-state index contributed by atoms with van der Waals surface area (Å²) in [6, 6.07) is 11.9. The summed E-state index contributed by atoms with van der Waals surface area (Å²) in [6.07, 6.45) is 9.62. The van der Waals surface area contributed by atoms with E-state index in [4.69, 9.17) is 9.47 Å². The van der Waals surface area contributed by atoms with Crippen molar-refractivity contribution in [3.05, 3.63) is 72.9 Å². The van der Waals surface area contributed by atoms with E-state index in [2.05, 4.69) is 32.0 Å². The molecule has 26 heavy (non-hydrogen) atoms. The number of ether oxygens (including phenoxy) is 2. The monoisotopic (exact) mass is 348 g/mol. The van der Waals surface area contributed by atoms with E-state index >= 15 is 0 Å². The van der Waals surface area contributed by atoms with Gasteiger partial charge < -0.3 is 9.47 Å². The van der Waals surface area contributed by atoms with E-state index in [0.29, 0.717) is 5.88 Å². The smallest absolute Gasteiger partial charge is 0.237 e. The lowest BCUT2D eigenvalue weighted by molar-refractivity contribution is 0.198. The van der Waals surface area contributed by atoms with Gasteiger partial charge in [0, 0.05) is 44.4 Å². The Bertz CT molecular complexity index is 812. The minimum atomic E-state index is 0.233. The van der Waals surface area contributed by atoms with Gasteiger partial charge in [-0.05, 0) is 36.2 Å². The fourth-order valence-corrected chi connectivity index (χ4v) is 3.03. The number of pyridine rings is 1. The molecular weight excluding hydrogens is 328 g/mol. The zero-order valence-corrected chi connectivity index (χ0v) is 14.4. The van der Waals surface area contributed by atoms with Gasteiger partial charge in [0.1, 0.15) is 17.6 Å². The topological polar surface area (TPSA) is 60.4 Å². The Morgan fingerprint density at radius 1 is 0.923 bits per heavy atom. The van der Waals surface area contributed by atoms with Gasteiger partial charge in [-0.25, -0.2) is 4.98 Å². The van der Waals surface area contributed by atoms with E-state index in [0.717, 1.165) is 37.6 Å². The zero-order chi connectivity index (χ0) is 17.6. The fourth-order valence-electron chi connectivity index (χ4n) is 3.03. The number of likely N-dealkylation sites (tertiary alicyclic amines) is 1. The highest BCUT2D eigenvalue weighted by Crippen LogP contribution is 2.22. The number of rotatable bonds is 6.